The van der Waals surface area contributed by atoms with Crippen LogP contribution in [0.2, 0.25) is 0 Å². The van der Waals surface area contributed by atoms with Gasteiger partial charge in [-0.25, -0.2) is 13.1 Å². The number of likely N-dealkylation sites (N-methyl/N-ethyl adjacent to an activating group) is 1. The highest BCUT2D eigenvalue weighted by atomic mass is 32.2. The van der Waals surface area contributed by atoms with Crippen molar-refractivity contribution >= 4 is 21.8 Å². The first-order valence-corrected chi connectivity index (χ1v) is 8.33. The van der Waals surface area contributed by atoms with Crippen molar-refractivity contribution in [1.29, 1.82) is 0 Å². The number of carbonyl (C=O) groups excluding carboxylic acids is 2. The van der Waals surface area contributed by atoms with Crippen LogP contribution in [-0.4, -0.2) is 66.0 Å². The van der Waals surface area contributed by atoms with Gasteiger partial charge in [0.05, 0.1) is 18.0 Å². The van der Waals surface area contributed by atoms with E-state index in [2.05, 4.69) is 10.0 Å². The molecule has 0 atom stereocenters. The normalized spacial score (nSPS) is 11.1. The fourth-order valence-corrected chi connectivity index (χ4v) is 2.64. The first kappa shape index (κ1) is 19.1. The molecule has 0 spiro atoms. The highest BCUT2D eigenvalue weighted by Crippen LogP contribution is 2.11. The van der Waals surface area contributed by atoms with E-state index in [0.29, 0.717) is 0 Å². The molecule has 0 aliphatic rings. The maximum atomic E-state index is 12.1. The Hall–Kier alpha value is -1.97. The number of hydrogen-bond donors (Lipinski definition) is 2. The molecule has 0 aliphatic heterocycles. The van der Waals surface area contributed by atoms with E-state index in [1.54, 1.807) is 14.1 Å². The van der Waals surface area contributed by atoms with Gasteiger partial charge in [0.25, 0.3) is 5.91 Å². The number of sulfonamides is 1. The molecule has 0 saturated heterocycles. The minimum absolute atomic E-state index is 0.0276. The zero-order valence-electron chi connectivity index (χ0n) is 13.3. The van der Waals surface area contributed by atoms with E-state index in [1.807, 2.05) is 0 Å². The van der Waals surface area contributed by atoms with Crippen molar-refractivity contribution in [1.82, 2.24) is 14.9 Å². The van der Waals surface area contributed by atoms with Crippen LogP contribution in [0.1, 0.15) is 10.4 Å². The van der Waals surface area contributed by atoms with Gasteiger partial charge in [0.2, 0.25) is 15.9 Å². The lowest BCUT2D eigenvalue weighted by Gasteiger charge is -2.11. The largest absolute Gasteiger partial charge is 0.383 e. The van der Waals surface area contributed by atoms with Gasteiger partial charge in [-0.15, -0.1) is 0 Å². The van der Waals surface area contributed by atoms with Crippen LogP contribution in [0.15, 0.2) is 29.2 Å². The summed E-state index contributed by atoms with van der Waals surface area (Å²) in [5.74, 6) is -0.780. The van der Waals surface area contributed by atoms with E-state index in [9.17, 15) is 18.0 Å². The Morgan fingerprint density at radius 2 is 1.96 bits per heavy atom. The van der Waals surface area contributed by atoms with Crippen molar-refractivity contribution in [2.24, 2.45) is 0 Å². The number of rotatable bonds is 8. The number of benzene rings is 1. The number of hydrogen-bond acceptors (Lipinski definition) is 5. The van der Waals surface area contributed by atoms with Gasteiger partial charge in [-0.1, -0.05) is 6.07 Å². The molecule has 23 heavy (non-hydrogen) atoms. The topological polar surface area (TPSA) is 105 Å². The van der Waals surface area contributed by atoms with Crippen LogP contribution < -0.4 is 10.0 Å². The van der Waals surface area contributed by atoms with Crippen LogP contribution in [-0.2, 0) is 19.6 Å². The van der Waals surface area contributed by atoms with Crippen LogP contribution in [0.25, 0.3) is 0 Å². The Kier molecular flexibility index (Phi) is 7.14. The minimum atomic E-state index is -3.72. The van der Waals surface area contributed by atoms with Crippen molar-refractivity contribution in [2.75, 3.05) is 40.9 Å². The summed E-state index contributed by atoms with van der Waals surface area (Å²) in [6.45, 7) is 0.216. The fraction of sp³-hybridized carbons (Fsp3) is 0.429. The summed E-state index contributed by atoms with van der Waals surface area (Å²) in [4.78, 5) is 24.8. The van der Waals surface area contributed by atoms with Crippen LogP contribution >= 0.6 is 0 Å². The first-order chi connectivity index (χ1) is 10.8. The van der Waals surface area contributed by atoms with Crippen LogP contribution in [0.3, 0.4) is 0 Å². The van der Waals surface area contributed by atoms with Gasteiger partial charge in [0.15, 0.2) is 0 Å². The number of carbonyl (C=O) groups is 2. The summed E-state index contributed by atoms with van der Waals surface area (Å²) in [6.07, 6.45) is 0. The second-order valence-corrected chi connectivity index (χ2v) is 6.66. The lowest BCUT2D eigenvalue weighted by molar-refractivity contribution is -0.127. The number of nitrogens with zero attached hydrogens (tertiary/aromatic N) is 1. The predicted molar refractivity (Wildman–Crippen MR) is 84.5 cm³/mol. The van der Waals surface area contributed by atoms with Gasteiger partial charge in [0, 0.05) is 33.3 Å². The summed E-state index contributed by atoms with van der Waals surface area (Å²) in [7, 11) is 0.902. The number of methoxy groups -OCH3 is 1. The van der Waals surface area contributed by atoms with E-state index in [-0.39, 0.29) is 36.1 Å². The molecule has 0 saturated carbocycles. The molecular formula is C14H21N3O5S. The predicted octanol–water partition coefficient (Wildman–Crippen LogP) is -0.571. The first-order valence-electron chi connectivity index (χ1n) is 6.85. The quantitative estimate of drug-likeness (QED) is 0.615. The molecule has 2 N–H and O–H groups in total. The van der Waals surface area contributed by atoms with Gasteiger partial charge < -0.3 is 15.0 Å². The van der Waals surface area contributed by atoms with Crippen molar-refractivity contribution in [3.8, 4) is 0 Å². The molecule has 0 bridgehead atoms. The average Bonchev–Trinajstić information content (AvgIpc) is 2.52. The van der Waals surface area contributed by atoms with E-state index >= 15 is 0 Å². The summed E-state index contributed by atoms with van der Waals surface area (Å²) in [5.41, 5.74) is 0.158. The van der Waals surface area contributed by atoms with E-state index < -0.39 is 15.9 Å². The highest BCUT2D eigenvalue weighted by molar-refractivity contribution is 7.89. The smallest absolute Gasteiger partial charge is 0.251 e. The molecule has 8 nitrogen and oxygen atoms in total. The summed E-state index contributed by atoms with van der Waals surface area (Å²) < 4.78 is 31.3. The lowest BCUT2D eigenvalue weighted by Crippen LogP contribution is -2.36. The second kappa shape index (κ2) is 8.61. The van der Waals surface area contributed by atoms with Crippen molar-refractivity contribution in [3.63, 3.8) is 0 Å². The van der Waals surface area contributed by atoms with Gasteiger partial charge in [0.1, 0.15) is 0 Å². The Bertz CT molecular complexity index is 658. The van der Waals surface area contributed by atoms with Gasteiger partial charge >= 0.3 is 0 Å². The molecular weight excluding hydrogens is 322 g/mol. The van der Waals surface area contributed by atoms with E-state index in [0.717, 1.165) is 0 Å². The Balaban J connectivity index is 2.80. The third kappa shape index (κ3) is 5.97. The lowest BCUT2D eigenvalue weighted by atomic mass is 10.2. The van der Waals surface area contributed by atoms with Crippen LogP contribution in [0.5, 0.6) is 0 Å². The maximum absolute atomic E-state index is 12.1. The monoisotopic (exact) mass is 343 g/mol. The third-order valence-corrected chi connectivity index (χ3v) is 4.36. The second-order valence-electron chi connectivity index (χ2n) is 4.89. The summed E-state index contributed by atoms with van der Waals surface area (Å²) in [6, 6.07) is 5.58. The molecule has 1 rings (SSSR count). The van der Waals surface area contributed by atoms with Gasteiger partial charge in [-0.05, 0) is 18.2 Å². The Morgan fingerprint density at radius 3 is 2.57 bits per heavy atom. The molecule has 2 amide bonds. The minimum Gasteiger partial charge on any atom is -0.383 e. The van der Waals surface area contributed by atoms with Crippen molar-refractivity contribution in [3.05, 3.63) is 29.8 Å². The molecule has 128 valence electrons. The fourth-order valence-electron chi connectivity index (χ4n) is 1.58. The summed E-state index contributed by atoms with van der Waals surface area (Å²) in [5, 5.41) is 2.45. The average molecular weight is 343 g/mol. The van der Waals surface area contributed by atoms with Crippen molar-refractivity contribution < 1.29 is 22.7 Å². The Morgan fingerprint density at radius 1 is 1.26 bits per heavy atom. The molecule has 0 heterocycles. The zero-order valence-corrected chi connectivity index (χ0v) is 14.1. The van der Waals surface area contributed by atoms with Crippen LogP contribution in [0, 0.1) is 0 Å². The maximum Gasteiger partial charge on any atom is 0.251 e. The molecule has 0 fully saturated rings. The van der Waals surface area contributed by atoms with Crippen molar-refractivity contribution in [2.45, 2.75) is 4.90 Å². The Labute approximate surface area is 135 Å². The highest BCUT2D eigenvalue weighted by Gasteiger charge is 2.16. The molecule has 1 aromatic carbocycles. The molecule has 0 aromatic heterocycles. The van der Waals surface area contributed by atoms with Gasteiger partial charge in [-0.2, -0.15) is 0 Å². The van der Waals surface area contributed by atoms with Gasteiger partial charge in [-0.3, -0.25) is 9.59 Å². The SMILES string of the molecule is COCCNS(=O)(=O)c1cccc(C(=O)NCC(=O)N(C)C)c1. The number of nitrogens with one attached hydrogen (secondary N) is 2. The summed E-state index contributed by atoms with van der Waals surface area (Å²) >= 11 is 0. The number of amides is 2. The number of ether oxygens (including phenoxy) is 1. The van der Waals surface area contributed by atoms with E-state index in [4.69, 9.17) is 4.74 Å². The molecule has 1 aromatic rings. The molecule has 0 aliphatic carbocycles. The third-order valence-electron chi connectivity index (χ3n) is 2.90. The molecule has 9 heteroatoms. The van der Waals surface area contributed by atoms with E-state index in [1.165, 1.54) is 36.3 Å². The zero-order chi connectivity index (χ0) is 17.5. The molecule has 0 radical (unpaired) electrons. The van der Waals surface area contributed by atoms with Crippen LogP contribution in [0.4, 0.5) is 0 Å². The molecule has 0 unspecified atom stereocenters. The standard InChI is InChI=1S/C14H21N3O5S/c1-17(2)13(18)10-15-14(19)11-5-4-6-12(9-11)23(20,21)16-7-8-22-3/h4-6,9,16H,7-8,10H2,1-3H3,(H,15,19).